The third kappa shape index (κ3) is 3.34. The highest BCUT2D eigenvalue weighted by atomic mass is 15.2. The van der Waals surface area contributed by atoms with Gasteiger partial charge in [0.05, 0.1) is 22.5 Å². The van der Waals surface area contributed by atoms with E-state index in [0.29, 0.717) is 73.9 Å². The van der Waals surface area contributed by atoms with Crippen LogP contribution >= 0.6 is 0 Å². The second kappa shape index (κ2) is 9.91. The standard InChI is InChI=1S/C34H14N14/c35-9-17(10-36)23-27-29(25-19-13-39-15-43-33(19)47(31(23)25)21-5-1-3-7-41-21)46-28-24(18(11-37)12-38)32-26(30(28)45-27)20-14-40-16-44-34(20)48(32)22-6-2-4-8-42-22/h1-5,7-8,13-16,22H,6H2. The molecule has 14 nitrogen and oxygen atoms in total. The Morgan fingerprint density at radius 2 is 1.35 bits per heavy atom. The predicted molar refractivity (Wildman–Crippen MR) is 170 cm³/mol. The molecule has 0 N–H and O–H groups in total. The molecule has 2 aliphatic carbocycles. The largest absolute Gasteiger partial charge is 0.301 e. The molecule has 7 heterocycles. The van der Waals surface area contributed by atoms with E-state index in [9.17, 15) is 21.0 Å². The number of pyridine rings is 1. The quantitative estimate of drug-likeness (QED) is 0.246. The van der Waals surface area contributed by atoms with Gasteiger partial charge in [-0.25, -0.2) is 34.9 Å². The molecule has 1 unspecified atom stereocenters. The fourth-order valence-electron chi connectivity index (χ4n) is 6.78. The van der Waals surface area contributed by atoms with Gasteiger partial charge in [0.15, 0.2) is 0 Å². The molecule has 0 radical (unpaired) electrons. The van der Waals surface area contributed by atoms with Gasteiger partial charge in [-0.05, 0) is 18.2 Å². The van der Waals surface area contributed by atoms with Crippen LogP contribution in [0.3, 0.4) is 0 Å². The van der Waals surface area contributed by atoms with E-state index in [1.807, 2.05) is 34.9 Å². The van der Waals surface area contributed by atoms with Crippen LogP contribution in [0, 0.1) is 45.3 Å². The Bertz CT molecular complexity index is 2720. The molecule has 14 heteroatoms. The van der Waals surface area contributed by atoms with Crippen LogP contribution in [0.15, 0.2) is 77.7 Å². The molecule has 48 heavy (non-hydrogen) atoms. The highest BCUT2D eigenvalue weighted by Gasteiger charge is 2.43. The summed E-state index contributed by atoms with van der Waals surface area (Å²) in [6.45, 7) is 0. The Morgan fingerprint density at radius 3 is 1.96 bits per heavy atom. The minimum Gasteiger partial charge on any atom is -0.301 e. The van der Waals surface area contributed by atoms with Crippen LogP contribution in [0.1, 0.15) is 35.4 Å². The van der Waals surface area contributed by atoms with Crippen molar-refractivity contribution in [2.24, 2.45) is 4.99 Å². The first-order valence-corrected chi connectivity index (χ1v) is 14.5. The third-order valence-corrected chi connectivity index (χ3v) is 8.57. The van der Waals surface area contributed by atoms with Crippen molar-refractivity contribution in [2.45, 2.75) is 12.6 Å². The average molecular weight is 619 g/mol. The van der Waals surface area contributed by atoms with Gasteiger partial charge in [-0.15, -0.1) is 0 Å². The highest BCUT2D eigenvalue weighted by molar-refractivity contribution is 6.15. The van der Waals surface area contributed by atoms with E-state index < -0.39 is 6.17 Å². The number of hydrogen-bond acceptors (Lipinski definition) is 12. The summed E-state index contributed by atoms with van der Waals surface area (Å²) in [5, 5.41) is 42.2. The van der Waals surface area contributed by atoms with E-state index in [0.717, 1.165) is 0 Å². The summed E-state index contributed by atoms with van der Waals surface area (Å²) >= 11 is 0. The number of hydrogen-bond donors (Lipinski definition) is 0. The van der Waals surface area contributed by atoms with Gasteiger partial charge in [-0.3, -0.25) is 9.56 Å². The molecule has 6 aromatic rings. The first-order valence-electron chi connectivity index (χ1n) is 14.5. The Hall–Kier alpha value is -7.68. The van der Waals surface area contributed by atoms with Crippen molar-refractivity contribution in [1.82, 2.24) is 44.0 Å². The Morgan fingerprint density at radius 1 is 0.729 bits per heavy atom. The maximum Gasteiger partial charge on any atom is 0.150 e. The lowest BCUT2D eigenvalue weighted by Crippen LogP contribution is -2.12. The summed E-state index contributed by atoms with van der Waals surface area (Å²) < 4.78 is 3.65. The molecule has 9 rings (SSSR count). The minimum atomic E-state index is -0.426. The molecule has 6 aromatic heterocycles. The maximum atomic E-state index is 10.3. The van der Waals surface area contributed by atoms with Crippen LogP contribution in [0.2, 0.25) is 0 Å². The number of aliphatic imine (C=N–C) groups is 1. The smallest absolute Gasteiger partial charge is 0.150 e. The van der Waals surface area contributed by atoms with Crippen molar-refractivity contribution in [1.29, 1.82) is 21.0 Å². The topological polar surface area (TPSA) is 208 Å². The molecule has 1 aliphatic heterocycles. The van der Waals surface area contributed by atoms with Crippen molar-refractivity contribution in [3.63, 3.8) is 0 Å². The van der Waals surface area contributed by atoms with Crippen molar-refractivity contribution in [3.05, 3.63) is 95.5 Å². The summed E-state index contributed by atoms with van der Waals surface area (Å²) in [6.07, 6.45) is 13.4. The first-order chi connectivity index (χ1) is 23.7. The number of fused-ring (bicyclic) bond motifs is 10. The van der Waals surface area contributed by atoms with Gasteiger partial charge >= 0.3 is 0 Å². The molecule has 0 spiro atoms. The Labute approximate surface area is 269 Å². The van der Waals surface area contributed by atoms with Crippen molar-refractivity contribution >= 4 is 39.4 Å². The molecule has 0 saturated carbocycles. The van der Waals surface area contributed by atoms with Crippen molar-refractivity contribution in [2.75, 3.05) is 0 Å². The number of dihydropyridines is 1. The zero-order valence-electron chi connectivity index (χ0n) is 24.4. The maximum absolute atomic E-state index is 10.3. The van der Waals surface area contributed by atoms with Gasteiger partial charge in [0, 0.05) is 53.1 Å². The normalized spacial score (nSPS) is 14.9. The molecule has 1 atom stereocenters. The Kier molecular flexibility index (Phi) is 5.51. The molecule has 220 valence electrons. The fraction of sp³-hybridized carbons (Fsp3) is 0.0588. The second-order valence-corrected chi connectivity index (χ2v) is 10.9. The number of rotatable bonds is 2. The minimum absolute atomic E-state index is 0.167. The third-order valence-electron chi connectivity index (χ3n) is 8.57. The molecule has 0 saturated heterocycles. The second-order valence-electron chi connectivity index (χ2n) is 10.9. The molecule has 0 bridgehead atoms. The fourth-order valence-corrected chi connectivity index (χ4v) is 6.78. The number of aromatic nitrogens is 9. The monoisotopic (exact) mass is 618 g/mol. The lowest BCUT2D eigenvalue weighted by atomic mass is 10.1. The highest BCUT2D eigenvalue weighted by Crippen LogP contribution is 2.55. The van der Waals surface area contributed by atoms with Crippen LogP contribution in [0.25, 0.3) is 61.5 Å². The van der Waals surface area contributed by atoms with Crippen LogP contribution in [-0.2, 0) is 0 Å². The SMILES string of the molecule is N#CC(C#N)=C1c2nc3c(nc2-c2c1n(-c1ccccn1)c1ncncc21)C(=C(C#N)C#N)c1c-3c2cncnc2n1C1CC=CC=N1. The zero-order valence-corrected chi connectivity index (χ0v) is 24.4. The Balaban J connectivity index is 1.45. The molecular formula is C34H14N14. The average Bonchev–Trinajstić information content (AvgIpc) is 3.85. The van der Waals surface area contributed by atoms with Crippen LogP contribution in [0.4, 0.5) is 0 Å². The van der Waals surface area contributed by atoms with E-state index in [4.69, 9.17) is 9.97 Å². The van der Waals surface area contributed by atoms with Gasteiger partial charge in [0.2, 0.25) is 0 Å². The van der Waals surface area contributed by atoms with Gasteiger partial charge in [0.25, 0.3) is 0 Å². The van der Waals surface area contributed by atoms with E-state index >= 15 is 0 Å². The summed E-state index contributed by atoms with van der Waals surface area (Å²) in [6, 6.07) is 13.6. The zero-order chi connectivity index (χ0) is 32.5. The molecular weight excluding hydrogens is 604 g/mol. The van der Waals surface area contributed by atoms with Crippen molar-refractivity contribution < 1.29 is 0 Å². The summed E-state index contributed by atoms with van der Waals surface area (Å²) in [5.41, 5.74) is 4.61. The summed E-state index contributed by atoms with van der Waals surface area (Å²) in [5.74, 6) is 0.497. The summed E-state index contributed by atoms with van der Waals surface area (Å²) in [7, 11) is 0. The lowest BCUT2D eigenvalue weighted by Gasteiger charge is -2.19. The lowest BCUT2D eigenvalue weighted by molar-refractivity contribution is 0.540. The number of allylic oxidation sites excluding steroid dienone is 3. The van der Waals surface area contributed by atoms with E-state index in [1.165, 1.54) is 12.7 Å². The molecule has 0 aromatic carbocycles. The molecule has 0 amide bonds. The molecule has 3 aliphatic rings. The van der Waals surface area contributed by atoms with Crippen molar-refractivity contribution in [3.8, 4) is 52.6 Å². The van der Waals surface area contributed by atoms with E-state index in [-0.39, 0.29) is 28.0 Å². The van der Waals surface area contributed by atoms with E-state index in [2.05, 4.69) is 42.1 Å². The number of nitrogens with zero attached hydrogens (tertiary/aromatic N) is 14. The summed E-state index contributed by atoms with van der Waals surface area (Å²) in [4.78, 5) is 37.2. The predicted octanol–water partition coefficient (Wildman–Crippen LogP) is 4.54. The van der Waals surface area contributed by atoms with E-state index in [1.54, 1.807) is 41.5 Å². The van der Waals surface area contributed by atoms with Gasteiger partial charge < -0.3 is 4.57 Å². The molecule has 0 fully saturated rings. The van der Waals surface area contributed by atoms with Gasteiger partial charge in [-0.2, -0.15) is 21.0 Å². The van der Waals surface area contributed by atoms with Crippen LogP contribution in [-0.4, -0.2) is 50.2 Å². The van der Waals surface area contributed by atoms with Gasteiger partial charge in [-0.1, -0.05) is 12.1 Å². The number of nitriles is 4. The first kappa shape index (κ1) is 26.7. The van der Waals surface area contributed by atoms with Crippen LogP contribution in [0.5, 0.6) is 0 Å². The van der Waals surface area contributed by atoms with Gasteiger partial charge in [0.1, 0.15) is 94.1 Å². The van der Waals surface area contributed by atoms with Crippen LogP contribution < -0.4 is 0 Å².